The van der Waals surface area contributed by atoms with Crippen molar-refractivity contribution < 1.29 is 9.50 Å². The van der Waals surface area contributed by atoms with E-state index in [1.54, 1.807) is 13.8 Å². The minimum atomic E-state index is -0.0947. The van der Waals surface area contributed by atoms with Crippen LogP contribution in [0.4, 0.5) is 4.39 Å². The highest BCUT2D eigenvalue weighted by Crippen LogP contribution is 2.14. The van der Waals surface area contributed by atoms with E-state index in [0.29, 0.717) is 6.61 Å². The first kappa shape index (κ1) is 15.1. The quantitative estimate of drug-likeness (QED) is 0.698. The van der Waals surface area contributed by atoms with Crippen molar-refractivity contribution in [2.75, 3.05) is 13.2 Å². The zero-order valence-corrected chi connectivity index (χ0v) is 11.4. The average molecular weight is 253 g/mol. The van der Waals surface area contributed by atoms with Crippen LogP contribution >= 0.6 is 0 Å². The fraction of sp³-hybridized carbons (Fsp3) is 0.600. The Kier molecular flexibility index (Phi) is 6.91. The Morgan fingerprint density at radius 2 is 1.67 bits per heavy atom. The molecular formula is C15H24FNO. The van der Waals surface area contributed by atoms with Gasteiger partial charge in [-0.25, -0.2) is 4.39 Å². The number of aryl methyl sites for hydroxylation is 2. The van der Waals surface area contributed by atoms with Gasteiger partial charge in [0.15, 0.2) is 0 Å². The molecule has 102 valence electrons. The van der Waals surface area contributed by atoms with E-state index in [4.69, 9.17) is 5.11 Å². The highest BCUT2D eigenvalue weighted by Gasteiger charge is 2.03. The van der Waals surface area contributed by atoms with Crippen LogP contribution < -0.4 is 5.32 Å². The van der Waals surface area contributed by atoms with Gasteiger partial charge >= 0.3 is 0 Å². The number of benzene rings is 1. The molecule has 0 atom stereocenters. The van der Waals surface area contributed by atoms with Crippen LogP contribution in [0.2, 0.25) is 0 Å². The third kappa shape index (κ3) is 5.15. The fourth-order valence-electron chi connectivity index (χ4n) is 2.09. The second kappa shape index (κ2) is 8.22. The third-order valence-electron chi connectivity index (χ3n) is 3.09. The fourth-order valence-corrected chi connectivity index (χ4v) is 2.09. The molecule has 18 heavy (non-hydrogen) atoms. The van der Waals surface area contributed by atoms with Crippen LogP contribution in [0.5, 0.6) is 0 Å². The summed E-state index contributed by atoms with van der Waals surface area (Å²) in [6.45, 7) is 5.67. The highest BCUT2D eigenvalue weighted by molar-refractivity contribution is 5.30. The topological polar surface area (TPSA) is 32.3 Å². The lowest BCUT2D eigenvalue weighted by molar-refractivity contribution is 0.282. The van der Waals surface area contributed by atoms with Crippen molar-refractivity contribution in [3.8, 4) is 0 Å². The summed E-state index contributed by atoms with van der Waals surface area (Å²) >= 11 is 0. The first-order chi connectivity index (χ1) is 8.65. The molecule has 0 saturated carbocycles. The minimum absolute atomic E-state index is 0.0947. The predicted molar refractivity (Wildman–Crippen MR) is 73.1 cm³/mol. The van der Waals surface area contributed by atoms with Crippen molar-refractivity contribution in [1.82, 2.24) is 5.32 Å². The number of nitrogens with one attached hydrogen (secondary N) is 1. The Balaban J connectivity index is 2.23. The molecule has 1 rings (SSSR count). The second-order valence-electron chi connectivity index (χ2n) is 4.86. The van der Waals surface area contributed by atoms with Crippen molar-refractivity contribution in [2.24, 2.45) is 0 Å². The molecule has 0 radical (unpaired) electrons. The maximum Gasteiger partial charge on any atom is 0.129 e. The molecule has 2 nitrogen and oxygen atoms in total. The van der Waals surface area contributed by atoms with Gasteiger partial charge in [-0.3, -0.25) is 0 Å². The van der Waals surface area contributed by atoms with Crippen LogP contribution in [0.15, 0.2) is 12.1 Å². The van der Waals surface area contributed by atoms with Gasteiger partial charge in [-0.2, -0.15) is 0 Å². The monoisotopic (exact) mass is 253 g/mol. The standard InChI is InChI=1S/C15H24FNO/c1-12-9-14(10-13(2)15(12)16)11-17-7-5-3-4-6-8-18/h9-10,17-18H,3-8,11H2,1-2H3. The molecule has 0 unspecified atom stereocenters. The van der Waals surface area contributed by atoms with Crippen LogP contribution in [0.3, 0.4) is 0 Å². The summed E-state index contributed by atoms with van der Waals surface area (Å²) in [4.78, 5) is 0. The van der Waals surface area contributed by atoms with E-state index >= 15 is 0 Å². The van der Waals surface area contributed by atoms with E-state index < -0.39 is 0 Å². The third-order valence-corrected chi connectivity index (χ3v) is 3.09. The molecule has 0 spiro atoms. The van der Waals surface area contributed by atoms with E-state index in [0.717, 1.165) is 55.5 Å². The van der Waals surface area contributed by atoms with Crippen LogP contribution in [-0.2, 0) is 6.54 Å². The van der Waals surface area contributed by atoms with Gasteiger partial charge in [0, 0.05) is 13.2 Å². The highest BCUT2D eigenvalue weighted by atomic mass is 19.1. The Morgan fingerprint density at radius 3 is 2.28 bits per heavy atom. The van der Waals surface area contributed by atoms with Gasteiger partial charge in [0.05, 0.1) is 0 Å². The SMILES string of the molecule is Cc1cc(CNCCCCCCO)cc(C)c1F. The summed E-state index contributed by atoms with van der Waals surface area (Å²) in [6.07, 6.45) is 4.26. The van der Waals surface area contributed by atoms with Crippen molar-refractivity contribution in [3.05, 3.63) is 34.6 Å². The number of halogens is 1. The molecule has 0 saturated heterocycles. The Bertz CT molecular complexity index is 343. The first-order valence-corrected chi connectivity index (χ1v) is 6.72. The summed E-state index contributed by atoms with van der Waals surface area (Å²) in [7, 11) is 0. The number of aliphatic hydroxyl groups is 1. The van der Waals surface area contributed by atoms with Gasteiger partial charge in [-0.1, -0.05) is 25.0 Å². The Hall–Kier alpha value is -0.930. The summed E-state index contributed by atoms with van der Waals surface area (Å²) in [5.74, 6) is -0.0947. The van der Waals surface area contributed by atoms with Crippen molar-refractivity contribution in [1.29, 1.82) is 0 Å². The van der Waals surface area contributed by atoms with Crippen LogP contribution in [0.25, 0.3) is 0 Å². The molecule has 1 aromatic carbocycles. The van der Waals surface area contributed by atoms with Crippen molar-refractivity contribution in [2.45, 2.75) is 46.1 Å². The van der Waals surface area contributed by atoms with Gasteiger partial charge in [-0.05, 0) is 49.9 Å². The van der Waals surface area contributed by atoms with Gasteiger partial charge in [0.25, 0.3) is 0 Å². The number of hydrogen-bond acceptors (Lipinski definition) is 2. The molecule has 3 heteroatoms. The first-order valence-electron chi connectivity index (χ1n) is 6.72. The average Bonchev–Trinajstić information content (AvgIpc) is 2.34. The molecular weight excluding hydrogens is 229 g/mol. The predicted octanol–water partition coefficient (Wildman–Crippen LogP) is 3.08. The number of hydrogen-bond donors (Lipinski definition) is 2. The summed E-state index contributed by atoms with van der Waals surface area (Å²) in [5, 5.41) is 12.0. The van der Waals surface area contributed by atoms with E-state index in [9.17, 15) is 4.39 Å². The Labute approximate surface area is 109 Å². The summed E-state index contributed by atoms with van der Waals surface area (Å²) in [5.41, 5.74) is 2.58. The molecule has 1 aromatic rings. The van der Waals surface area contributed by atoms with Crippen LogP contribution in [-0.4, -0.2) is 18.3 Å². The van der Waals surface area contributed by atoms with Crippen molar-refractivity contribution >= 4 is 0 Å². The molecule has 0 amide bonds. The van der Waals surface area contributed by atoms with Crippen molar-refractivity contribution in [3.63, 3.8) is 0 Å². The summed E-state index contributed by atoms with van der Waals surface area (Å²) in [6, 6.07) is 3.81. The normalized spacial score (nSPS) is 10.9. The van der Waals surface area contributed by atoms with Crippen LogP contribution in [0, 0.1) is 19.7 Å². The largest absolute Gasteiger partial charge is 0.396 e. The molecule has 2 N–H and O–H groups in total. The van der Waals surface area contributed by atoms with E-state index in [2.05, 4.69) is 5.32 Å². The van der Waals surface area contributed by atoms with E-state index in [1.165, 1.54) is 0 Å². The maximum atomic E-state index is 13.4. The molecule has 0 aromatic heterocycles. The van der Waals surface area contributed by atoms with Gasteiger partial charge in [0.1, 0.15) is 5.82 Å². The lowest BCUT2D eigenvalue weighted by Crippen LogP contribution is -2.15. The molecule has 0 heterocycles. The lowest BCUT2D eigenvalue weighted by atomic mass is 10.1. The number of unbranched alkanes of at least 4 members (excludes halogenated alkanes) is 3. The molecule has 0 aliphatic heterocycles. The smallest absolute Gasteiger partial charge is 0.129 e. The van der Waals surface area contributed by atoms with E-state index in [1.807, 2.05) is 12.1 Å². The molecule has 0 aliphatic carbocycles. The number of rotatable bonds is 8. The van der Waals surface area contributed by atoms with Gasteiger partial charge < -0.3 is 10.4 Å². The molecule has 0 bridgehead atoms. The maximum absolute atomic E-state index is 13.4. The Morgan fingerprint density at radius 1 is 1.06 bits per heavy atom. The minimum Gasteiger partial charge on any atom is -0.396 e. The summed E-state index contributed by atoms with van der Waals surface area (Å²) < 4.78 is 13.4. The van der Waals surface area contributed by atoms with E-state index in [-0.39, 0.29) is 5.82 Å². The molecule has 0 fully saturated rings. The lowest BCUT2D eigenvalue weighted by Gasteiger charge is -2.08. The number of aliphatic hydroxyl groups excluding tert-OH is 1. The van der Waals surface area contributed by atoms with Gasteiger partial charge in [0.2, 0.25) is 0 Å². The van der Waals surface area contributed by atoms with Crippen LogP contribution in [0.1, 0.15) is 42.4 Å². The van der Waals surface area contributed by atoms with Gasteiger partial charge in [-0.15, -0.1) is 0 Å². The zero-order valence-electron chi connectivity index (χ0n) is 11.4. The molecule has 0 aliphatic rings. The zero-order chi connectivity index (χ0) is 13.4. The second-order valence-corrected chi connectivity index (χ2v) is 4.86.